The van der Waals surface area contributed by atoms with E-state index in [0.717, 1.165) is 32.7 Å². The highest BCUT2D eigenvalue weighted by Gasteiger charge is 2.18. The maximum absolute atomic E-state index is 11.8. The van der Waals surface area contributed by atoms with Gasteiger partial charge in [-0.2, -0.15) is 5.10 Å². The Morgan fingerprint density at radius 3 is 2.94 bits per heavy atom. The summed E-state index contributed by atoms with van der Waals surface area (Å²) >= 11 is 5.00. The molecule has 1 amide bonds. The van der Waals surface area contributed by atoms with E-state index in [-0.39, 0.29) is 12.5 Å². The van der Waals surface area contributed by atoms with Crippen LogP contribution >= 0.6 is 27.3 Å². The number of aromatic nitrogens is 2. The second-order valence-corrected chi connectivity index (χ2v) is 9.03. The molecule has 0 saturated carbocycles. The van der Waals surface area contributed by atoms with E-state index >= 15 is 0 Å². The highest BCUT2D eigenvalue weighted by Crippen LogP contribution is 2.33. The normalized spacial score (nSPS) is 13.9. The molecule has 164 valence electrons. The molecule has 1 N–H and O–H groups in total. The van der Waals surface area contributed by atoms with Crippen LogP contribution in [0, 0.1) is 0 Å². The van der Waals surface area contributed by atoms with Crippen molar-refractivity contribution in [2.45, 2.75) is 6.92 Å². The van der Waals surface area contributed by atoms with Crippen molar-refractivity contribution in [2.75, 3.05) is 11.9 Å². The number of anilines is 1. The molecule has 1 aliphatic rings. The lowest BCUT2D eigenvalue weighted by Gasteiger charge is -2.18. The number of ether oxygens (including phenoxy) is 1. The van der Waals surface area contributed by atoms with Crippen LogP contribution in [-0.2, 0) is 4.79 Å². The van der Waals surface area contributed by atoms with Gasteiger partial charge in [-0.1, -0.05) is 28.1 Å². The first kappa shape index (κ1) is 21.3. The monoisotopic (exact) mass is 519 g/mol. The van der Waals surface area contributed by atoms with Crippen LogP contribution in [0.1, 0.15) is 12.5 Å². The van der Waals surface area contributed by atoms with Gasteiger partial charge in [0.05, 0.1) is 29.0 Å². The van der Waals surface area contributed by atoms with E-state index in [1.54, 1.807) is 12.4 Å². The Balaban J connectivity index is 1.66. The van der Waals surface area contributed by atoms with Gasteiger partial charge in [0.15, 0.2) is 6.61 Å². The zero-order valence-electron chi connectivity index (χ0n) is 17.5. The quantitative estimate of drug-likeness (QED) is 0.375. The highest BCUT2D eigenvalue weighted by atomic mass is 79.9. The Morgan fingerprint density at radius 1 is 1.21 bits per heavy atom. The van der Waals surface area contributed by atoms with Gasteiger partial charge < -0.3 is 10.1 Å². The van der Waals surface area contributed by atoms with Crippen LogP contribution in [0.3, 0.4) is 0 Å². The Morgan fingerprint density at radius 2 is 2.12 bits per heavy atom. The maximum atomic E-state index is 11.8. The molecule has 7 nitrogen and oxygen atoms in total. The molecule has 0 unspecified atom stereocenters. The number of fused-ring (bicyclic) bond motifs is 1. The zero-order chi connectivity index (χ0) is 22.8. The lowest BCUT2D eigenvalue weighted by Crippen LogP contribution is -2.25. The summed E-state index contributed by atoms with van der Waals surface area (Å²) in [4.78, 5) is 21.4. The molecule has 1 aliphatic heterocycles. The first-order chi connectivity index (χ1) is 16.1. The fourth-order valence-electron chi connectivity index (χ4n) is 3.37. The van der Waals surface area contributed by atoms with Crippen molar-refractivity contribution in [3.05, 3.63) is 87.2 Å². The minimum atomic E-state index is -0.173. The first-order valence-corrected chi connectivity index (χ1v) is 11.8. The van der Waals surface area contributed by atoms with E-state index in [2.05, 4.69) is 26.2 Å². The molecule has 4 aromatic rings. The van der Waals surface area contributed by atoms with Gasteiger partial charge in [-0.3, -0.25) is 9.78 Å². The number of thiazole rings is 1. The number of hydrogen-bond acceptors (Lipinski definition) is 6. The van der Waals surface area contributed by atoms with Gasteiger partial charge in [0, 0.05) is 21.6 Å². The number of carbonyl (C=O) groups is 1. The van der Waals surface area contributed by atoms with Gasteiger partial charge in [0.2, 0.25) is 4.80 Å². The number of rotatable bonds is 4. The molecule has 5 rings (SSSR count). The Hall–Kier alpha value is -3.56. The minimum Gasteiger partial charge on any atom is -0.482 e. The number of carbonyl (C=O) groups excluding carboxylic acids is 1. The van der Waals surface area contributed by atoms with Crippen LogP contribution in [0.15, 0.2) is 86.9 Å². The molecular weight excluding hydrogens is 502 g/mol. The van der Waals surface area contributed by atoms with Crippen LogP contribution in [0.4, 0.5) is 11.4 Å². The second kappa shape index (κ2) is 9.13. The van der Waals surface area contributed by atoms with Gasteiger partial charge in [-0.25, -0.2) is 9.67 Å². The van der Waals surface area contributed by atoms with Crippen molar-refractivity contribution in [3.63, 3.8) is 0 Å². The summed E-state index contributed by atoms with van der Waals surface area (Å²) in [6, 6.07) is 17.4. The van der Waals surface area contributed by atoms with Crippen molar-refractivity contribution in [1.82, 2.24) is 9.66 Å². The summed E-state index contributed by atoms with van der Waals surface area (Å²) in [6.45, 7) is 1.99. The van der Waals surface area contributed by atoms with Gasteiger partial charge in [-0.05, 0) is 55.0 Å². The lowest BCUT2D eigenvalue weighted by molar-refractivity contribution is -0.118. The van der Waals surface area contributed by atoms with Gasteiger partial charge in [0.25, 0.3) is 5.91 Å². The summed E-state index contributed by atoms with van der Waals surface area (Å²) in [5, 5.41) is 9.79. The van der Waals surface area contributed by atoms with Gasteiger partial charge in [0.1, 0.15) is 5.75 Å². The van der Waals surface area contributed by atoms with E-state index in [4.69, 9.17) is 14.8 Å². The number of nitrogens with zero attached hydrogens (tertiary/aromatic N) is 4. The van der Waals surface area contributed by atoms with E-state index in [1.165, 1.54) is 11.3 Å². The van der Waals surface area contributed by atoms with Crippen molar-refractivity contribution in [3.8, 4) is 17.0 Å². The van der Waals surface area contributed by atoms with Crippen molar-refractivity contribution >= 4 is 50.3 Å². The number of hydrogen-bond donors (Lipinski definition) is 1. The second-order valence-electron chi connectivity index (χ2n) is 7.28. The molecule has 0 spiro atoms. The molecular formula is C24H18BrN5O2S. The van der Waals surface area contributed by atoms with E-state index in [1.807, 2.05) is 71.6 Å². The smallest absolute Gasteiger partial charge is 0.262 e. The van der Waals surface area contributed by atoms with E-state index < -0.39 is 0 Å². The SMILES string of the molecule is CC(=Nn1c(-c2ccc3c(c2)NC(=O)CO3)csc1=Nc1cccnc1)c1cccc(Br)c1. The third-order valence-electron chi connectivity index (χ3n) is 4.96. The van der Waals surface area contributed by atoms with Crippen molar-refractivity contribution in [2.24, 2.45) is 10.1 Å². The maximum Gasteiger partial charge on any atom is 0.262 e. The van der Waals surface area contributed by atoms with Gasteiger partial charge >= 0.3 is 0 Å². The average molecular weight is 520 g/mol. The molecule has 0 atom stereocenters. The number of nitrogens with one attached hydrogen (secondary N) is 1. The van der Waals surface area contributed by atoms with Crippen LogP contribution in [0.5, 0.6) is 5.75 Å². The molecule has 0 bridgehead atoms. The number of amides is 1. The van der Waals surface area contributed by atoms with Crippen LogP contribution < -0.4 is 14.9 Å². The van der Waals surface area contributed by atoms with E-state index in [0.29, 0.717) is 16.2 Å². The van der Waals surface area contributed by atoms with E-state index in [9.17, 15) is 4.79 Å². The summed E-state index contributed by atoms with van der Waals surface area (Å²) in [6.07, 6.45) is 3.42. The summed E-state index contributed by atoms with van der Waals surface area (Å²) < 4.78 is 8.30. The molecule has 0 fully saturated rings. The summed E-state index contributed by atoms with van der Waals surface area (Å²) in [5.74, 6) is 0.475. The van der Waals surface area contributed by atoms with Gasteiger partial charge in [-0.15, -0.1) is 11.3 Å². The molecule has 9 heteroatoms. The summed E-state index contributed by atoms with van der Waals surface area (Å²) in [7, 11) is 0. The number of benzene rings is 2. The Bertz CT molecular complexity index is 1440. The van der Waals surface area contributed by atoms with Crippen molar-refractivity contribution < 1.29 is 9.53 Å². The van der Waals surface area contributed by atoms with Crippen LogP contribution in [0.2, 0.25) is 0 Å². The highest BCUT2D eigenvalue weighted by molar-refractivity contribution is 9.10. The molecule has 0 aliphatic carbocycles. The molecule has 2 aromatic carbocycles. The average Bonchev–Trinajstić information content (AvgIpc) is 3.21. The standard InChI is InChI=1S/C24H18BrN5O2S/c1-15(16-4-2-5-18(25)10-16)29-30-21(14-33-24(30)27-19-6-3-9-26-12-19)17-7-8-22-20(11-17)28-23(31)13-32-22/h2-12,14H,13H2,1H3,(H,28,31). The predicted molar refractivity (Wildman–Crippen MR) is 133 cm³/mol. The minimum absolute atomic E-state index is 0.0229. The Kier molecular flexibility index (Phi) is 5.89. The number of pyridine rings is 1. The first-order valence-electron chi connectivity index (χ1n) is 10.1. The third kappa shape index (κ3) is 4.64. The fraction of sp³-hybridized carbons (Fsp3) is 0.0833. The fourth-order valence-corrected chi connectivity index (χ4v) is 4.62. The topological polar surface area (TPSA) is 80.9 Å². The third-order valence-corrected chi connectivity index (χ3v) is 6.27. The molecule has 33 heavy (non-hydrogen) atoms. The molecule has 0 radical (unpaired) electrons. The lowest BCUT2D eigenvalue weighted by atomic mass is 10.1. The zero-order valence-corrected chi connectivity index (χ0v) is 19.9. The molecule has 2 aromatic heterocycles. The van der Waals surface area contributed by atoms with Crippen molar-refractivity contribution in [1.29, 1.82) is 0 Å². The predicted octanol–water partition coefficient (Wildman–Crippen LogP) is 5.21. The molecule has 0 saturated heterocycles. The largest absolute Gasteiger partial charge is 0.482 e. The summed E-state index contributed by atoms with van der Waals surface area (Å²) in [5.41, 5.74) is 4.93. The Labute approximate surface area is 202 Å². The van der Waals surface area contributed by atoms with Crippen LogP contribution in [-0.4, -0.2) is 27.9 Å². The number of halogens is 1. The van der Waals surface area contributed by atoms with Crippen LogP contribution in [0.25, 0.3) is 11.3 Å². The molecule has 3 heterocycles.